The lowest BCUT2D eigenvalue weighted by molar-refractivity contribution is -0.133. The van der Waals surface area contributed by atoms with Crippen molar-refractivity contribution in [3.8, 4) is 0 Å². The molecule has 1 atom stereocenters. The van der Waals surface area contributed by atoms with Gasteiger partial charge >= 0.3 is 0 Å². The molecule has 2 heterocycles. The van der Waals surface area contributed by atoms with Crippen molar-refractivity contribution in [1.29, 1.82) is 0 Å². The van der Waals surface area contributed by atoms with Crippen molar-refractivity contribution in [2.24, 2.45) is 5.73 Å². The van der Waals surface area contributed by atoms with Crippen LogP contribution in [0.15, 0.2) is 24.3 Å². The summed E-state index contributed by atoms with van der Waals surface area (Å²) in [7, 11) is 0. The van der Waals surface area contributed by atoms with Gasteiger partial charge in [-0.05, 0) is 25.0 Å². The predicted octanol–water partition coefficient (Wildman–Crippen LogP) is 0.702. The summed E-state index contributed by atoms with van der Waals surface area (Å²) in [6.07, 6.45) is 2.13. The van der Waals surface area contributed by atoms with Gasteiger partial charge in [-0.3, -0.25) is 14.4 Å². The van der Waals surface area contributed by atoms with Gasteiger partial charge in [0.15, 0.2) is 0 Å². The molecule has 1 aromatic rings. The minimum atomic E-state index is -0.226. The second-order valence-electron chi connectivity index (χ2n) is 6.16. The fourth-order valence-electron chi connectivity index (χ4n) is 3.36. The third kappa shape index (κ3) is 3.26. The number of carbonyl (C=O) groups excluding carboxylic acids is 3. The van der Waals surface area contributed by atoms with Gasteiger partial charge in [-0.2, -0.15) is 0 Å². The second kappa shape index (κ2) is 7.00. The average Bonchev–Trinajstić information content (AvgIpc) is 3.07. The molecule has 0 spiro atoms. The first kappa shape index (κ1) is 16.4. The Morgan fingerprint density at radius 3 is 2.75 bits per heavy atom. The number of nitrogens with zero attached hydrogens (tertiary/aromatic N) is 2. The van der Waals surface area contributed by atoms with Crippen molar-refractivity contribution in [2.75, 3.05) is 29.9 Å². The lowest BCUT2D eigenvalue weighted by atomic mass is 10.1. The smallest absolute Gasteiger partial charge is 0.244 e. The SMILES string of the molecule is NCC1CCCN1C(=O)CCC(=O)N1CC(=O)Nc2ccccc21. The highest BCUT2D eigenvalue weighted by molar-refractivity contribution is 6.10. The van der Waals surface area contributed by atoms with Crippen LogP contribution in [0.25, 0.3) is 0 Å². The first-order chi connectivity index (χ1) is 11.6. The maximum absolute atomic E-state index is 12.5. The van der Waals surface area contributed by atoms with Crippen LogP contribution in [-0.4, -0.2) is 48.3 Å². The van der Waals surface area contributed by atoms with Crippen LogP contribution < -0.4 is 16.0 Å². The zero-order chi connectivity index (χ0) is 17.1. The third-order valence-corrected chi connectivity index (χ3v) is 4.59. The fraction of sp³-hybridized carbons (Fsp3) is 0.471. The summed E-state index contributed by atoms with van der Waals surface area (Å²) in [5.74, 6) is -0.476. The van der Waals surface area contributed by atoms with E-state index < -0.39 is 0 Å². The van der Waals surface area contributed by atoms with Crippen molar-refractivity contribution in [2.45, 2.75) is 31.7 Å². The van der Waals surface area contributed by atoms with Crippen LogP contribution in [0.1, 0.15) is 25.7 Å². The van der Waals surface area contributed by atoms with Crippen LogP contribution in [-0.2, 0) is 14.4 Å². The van der Waals surface area contributed by atoms with Gasteiger partial charge in [0.05, 0.1) is 11.4 Å². The third-order valence-electron chi connectivity index (χ3n) is 4.59. The molecule has 3 rings (SSSR count). The van der Waals surface area contributed by atoms with E-state index in [1.807, 2.05) is 6.07 Å². The molecule has 1 aromatic carbocycles. The van der Waals surface area contributed by atoms with Gasteiger partial charge in [0, 0.05) is 32.0 Å². The molecule has 128 valence electrons. The van der Waals surface area contributed by atoms with Crippen LogP contribution >= 0.6 is 0 Å². The fourth-order valence-corrected chi connectivity index (χ4v) is 3.36. The minimum Gasteiger partial charge on any atom is -0.338 e. The average molecular weight is 330 g/mol. The van der Waals surface area contributed by atoms with Crippen LogP contribution in [0.2, 0.25) is 0 Å². The highest BCUT2D eigenvalue weighted by Crippen LogP contribution is 2.29. The number of nitrogens with two attached hydrogens (primary N) is 1. The molecule has 3 N–H and O–H groups in total. The van der Waals surface area contributed by atoms with Crippen molar-refractivity contribution in [1.82, 2.24) is 4.90 Å². The molecule has 0 aromatic heterocycles. The van der Waals surface area contributed by atoms with Crippen LogP contribution in [0.3, 0.4) is 0 Å². The van der Waals surface area contributed by atoms with Gasteiger partial charge in [0.1, 0.15) is 6.54 Å². The first-order valence-electron chi connectivity index (χ1n) is 8.29. The van der Waals surface area contributed by atoms with Gasteiger partial charge in [-0.1, -0.05) is 12.1 Å². The molecule has 7 nitrogen and oxygen atoms in total. The van der Waals surface area contributed by atoms with Crippen molar-refractivity contribution < 1.29 is 14.4 Å². The standard InChI is InChI=1S/C17H22N4O3/c18-10-12-4-3-9-20(12)16(23)7-8-17(24)21-11-15(22)19-13-5-1-2-6-14(13)21/h1-2,5-6,12H,3-4,7-11,18H2,(H,19,22). The summed E-state index contributed by atoms with van der Waals surface area (Å²) in [5.41, 5.74) is 6.99. The summed E-state index contributed by atoms with van der Waals surface area (Å²) >= 11 is 0. The Labute approximate surface area is 140 Å². The Morgan fingerprint density at radius 1 is 1.21 bits per heavy atom. The maximum atomic E-state index is 12.5. The number of hydrogen-bond donors (Lipinski definition) is 2. The predicted molar refractivity (Wildman–Crippen MR) is 90.4 cm³/mol. The van der Waals surface area contributed by atoms with Crippen LogP contribution in [0, 0.1) is 0 Å². The monoisotopic (exact) mass is 330 g/mol. The molecule has 0 bridgehead atoms. The lowest BCUT2D eigenvalue weighted by Gasteiger charge is -2.29. The number of anilines is 2. The molecule has 2 aliphatic heterocycles. The van der Waals surface area contributed by atoms with E-state index in [1.165, 1.54) is 4.90 Å². The molecule has 24 heavy (non-hydrogen) atoms. The largest absolute Gasteiger partial charge is 0.338 e. The Hall–Kier alpha value is -2.41. The quantitative estimate of drug-likeness (QED) is 0.849. The van der Waals surface area contributed by atoms with Crippen molar-refractivity contribution >= 4 is 29.1 Å². The Balaban J connectivity index is 1.63. The number of carbonyl (C=O) groups is 3. The van der Waals surface area contributed by atoms with E-state index in [2.05, 4.69) is 5.32 Å². The van der Waals surface area contributed by atoms with E-state index in [4.69, 9.17) is 5.73 Å². The number of benzene rings is 1. The molecule has 1 saturated heterocycles. The van der Waals surface area contributed by atoms with Crippen LogP contribution in [0.4, 0.5) is 11.4 Å². The van der Waals surface area contributed by atoms with E-state index in [-0.39, 0.29) is 43.1 Å². The topological polar surface area (TPSA) is 95.7 Å². The number of fused-ring (bicyclic) bond motifs is 1. The Bertz CT molecular complexity index is 661. The molecular formula is C17H22N4O3. The number of nitrogens with one attached hydrogen (secondary N) is 1. The summed E-state index contributed by atoms with van der Waals surface area (Å²) in [6, 6.07) is 7.26. The first-order valence-corrected chi connectivity index (χ1v) is 8.29. The minimum absolute atomic E-state index is 0.0147. The zero-order valence-corrected chi connectivity index (χ0v) is 13.5. The molecule has 0 radical (unpaired) electrons. The number of rotatable bonds is 4. The molecule has 1 unspecified atom stereocenters. The van der Waals surface area contributed by atoms with E-state index in [1.54, 1.807) is 23.1 Å². The summed E-state index contributed by atoms with van der Waals surface area (Å²) < 4.78 is 0. The van der Waals surface area contributed by atoms with Gasteiger partial charge in [-0.25, -0.2) is 0 Å². The lowest BCUT2D eigenvalue weighted by Crippen LogP contribution is -2.43. The summed E-state index contributed by atoms with van der Waals surface area (Å²) in [6.45, 7) is 1.16. The van der Waals surface area contributed by atoms with E-state index in [0.29, 0.717) is 24.5 Å². The summed E-state index contributed by atoms with van der Waals surface area (Å²) in [5, 5.41) is 2.75. The number of hydrogen-bond acceptors (Lipinski definition) is 4. The van der Waals surface area contributed by atoms with Gasteiger partial charge < -0.3 is 20.9 Å². The maximum Gasteiger partial charge on any atom is 0.244 e. The number of para-hydroxylation sites is 2. The van der Waals surface area contributed by atoms with Gasteiger partial charge in [0.2, 0.25) is 17.7 Å². The number of likely N-dealkylation sites (tertiary alicyclic amines) is 1. The van der Waals surface area contributed by atoms with Crippen molar-refractivity contribution in [3.63, 3.8) is 0 Å². The normalized spacial score (nSPS) is 19.9. The molecule has 3 amide bonds. The molecule has 1 fully saturated rings. The van der Waals surface area contributed by atoms with E-state index in [9.17, 15) is 14.4 Å². The molecule has 0 aliphatic carbocycles. The highest BCUT2D eigenvalue weighted by atomic mass is 16.2. The van der Waals surface area contributed by atoms with E-state index >= 15 is 0 Å². The van der Waals surface area contributed by atoms with E-state index in [0.717, 1.165) is 12.8 Å². The Kier molecular flexibility index (Phi) is 4.80. The second-order valence-corrected chi connectivity index (χ2v) is 6.16. The molecule has 7 heteroatoms. The molecule has 0 saturated carbocycles. The van der Waals surface area contributed by atoms with Crippen LogP contribution in [0.5, 0.6) is 0 Å². The van der Waals surface area contributed by atoms with Crippen molar-refractivity contribution in [3.05, 3.63) is 24.3 Å². The molecule has 2 aliphatic rings. The Morgan fingerprint density at radius 2 is 1.96 bits per heavy atom. The summed E-state index contributed by atoms with van der Waals surface area (Å²) in [4.78, 5) is 39.9. The zero-order valence-electron chi connectivity index (χ0n) is 13.5. The van der Waals surface area contributed by atoms with Gasteiger partial charge in [-0.15, -0.1) is 0 Å². The number of amides is 3. The molecular weight excluding hydrogens is 308 g/mol. The highest BCUT2D eigenvalue weighted by Gasteiger charge is 2.30. The van der Waals surface area contributed by atoms with Gasteiger partial charge in [0.25, 0.3) is 0 Å².